The quantitative estimate of drug-likeness (QED) is 0.622. The lowest BCUT2D eigenvalue weighted by atomic mass is 9.82. The number of likely N-dealkylation sites (tertiary alicyclic amines) is 2. The normalized spacial score (nSPS) is 19.9. The van der Waals surface area contributed by atoms with Crippen LogP contribution in [0.15, 0.2) is 32.3 Å². The molecule has 2 aliphatic rings. The number of piperidine rings is 2. The third-order valence-electron chi connectivity index (χ3n) is 7.18. The fraction of sp³-hybridized carbons (Fsp3) is 0.565. The smallest absolute Gasteiger partial charge is 0.342 e. The molecular formula is C23H30N6O4. The van der Waals surface area contributed by atoms with E-state index in [4.69, 9.17) is 0 Å². The van der Waals surface area contributed by atoms with Gasteiger partial charge in [-0.1, -0.05) is 19.0 Å². The zero-order chi connectivity index (χ0) is 23.2. The molecule has 2 saturated heterocycles. The Bertz CT molecular complexity index is 1260. The van der Waals surface area contributed by atoms with E-state index in [2.05, 4.69) is 38.4 Å². The molecule has 4 heterocycles. The number of nitrogens with zero attached hydrogens (tertiary/aromatic N) is 4. The standard InChI is InChI=1S/C23H30N6O4/c1-23(2)7-11-28(12-8-23)19(30)14-27-9-5-16(6-10-27)29-18-4-3-15(13-17(18)24-21(29)31)20-25-22(32)33-26-20/h3-4,13,16H,5-12,14H2,1-2H3,(H,24,31)(H,25,26,32). The zero-order valence-corrected chi connectivity index (χ0v) is 19.1. The minimum Gasteiger partial charge on any atom is -0.342 e. The van der Waals surface area contributed by atoms with Gasteiger partial charge in [-0.2, -0.15) is 0 Å². The maximum atomic E-state index is 12.8. The van der Waals surface area contributed by atoms with Crippen LogP contribution >= 0.6 is 0 Å². The predicted molar refractivity (Wildman–Crippen MR) is 123 cm³/mol. The zero-order valence-electron chi connectivity index (χ0n) is 19.1. The first kappa shape index (κ1) is 21.7. The van der Waals surface area contributed by atoms with E-state index in [1.54, 1.807) is 6.07 Å². The number of rotatable bonds is 4. The number of hydrogen-bond donors (Lipinski definition) is 2. The van der Waals surface area contributed by atoms with Gasteiger partial charge in [0, 0.05) is 37.8 Å². The second-order valence-corrected chi connectivity index (χ2v) is 10.0. The molecule has 1 amide bonds. The Morgan fingerprint density at radius 3 is 2.52 bits per heavy atom. The van der Waals surface area contributed by atoms with Gasteiger partial charge in [-0.15, -0.1) is 0 Å². The van der Waals surface area contributed by atoms with E-state index in [9.17, 15) is 14.4 Å². The molecule has 5 rings (SSSR count). The summed E-state index contributed by atoms with van der Waals surface area (Å²) >= 11 is 0. The van der Waals surface area contributed by atoms with E-state index in [1.165, 1.54) is 0 Å². The number of carbonyl (C=O) groups is 1. The highest BCUT2D eigenvalue weighted by Crippen LogP contribution is 2.30. The number of hydrogen-bond acceptors (Lipinski definition) is 6. The predicted octanol–water partition coefficient (Wildman–Crippen LogP) is 1.96. The van der Waals surface area contributed by atoms with Crippen LogP contribution < -0.4 is 11.4 Å². The van der Waals surface area contributed by atoms with Crippen LogP contribution in [-0.4, -0.2) is 68.1 Å². The van der Waals surface area contributed by atoms with Crippen molar-refractivity contribution >= 4 is 16.9 Å². The third kappa shape index (κ3) is 4.39. The first-order valence-electron chi connectivity index (χ1n) is 11.6. The van der Waals surface area contributed by atoms with Gasteiger partial charge in [0.15, 0.2) is 5.82 Å². The van der Waals surface area contributed by atoms with E-state index in [0.29, 0.717) is 28.9 Å². The Morgan fingerprint density at radius 1 is 1.12 bits per heavy atom. The van der Waals surface area contributed by atoms with Crippen molar-refractivity contribution in [2.75, 3.05) is 32.7 Å². The van der Waals surface area contributed by atoms with Gasteiger partial charge in [-0.25, -0.2) is 9.59 Å². The molecule has 2 aliphatic heterocycles. The minimum absolute atomic E-state index is 0.0751. The van der Waals surface area contributed by atoms with Crippen molar-refractivity contribution in [3.63, 3.8) is 0 Å². The van der Waals surface area contributed by atoms with Gasteiger partial charge in [0.25, 0.3) is 0 Å². The Morgan fingerprint density at radius 2 is 1.85 bits per heavy atom. The maximum absolute atomic E-state index is 12.8. The van der Waals surface area contributed by atoms with Crippen LogP contribution in [0.4, 0.5) is 0 Å². The molecule has 1 aromatic carbocycles. The summed E-state index contributed by atoms with van der Waals surface area (Å²) < 4.78 is 6.39. The van der Waals surface area contributed by atoms with E-state index >= 15 is 0 Å². The number of imidazole rings is 1. The lowest BCUT2D eigenvalue weighted by molar-refractivity contribution is -0.134. The molecule has 176 valence electrons. The van der Waals surface area contributed by atoms with Gasteiger partial charge >= 0.3 is 11.4 Å². The van der Waals surface area contributed by atoms with Crippen LogP contribution in [0.3, 0.4) is 0 Å². The number of benzene rings is 1. The molecule has 33 heavy (non-hydrogen) atoms. The maximum Gasteiger partial charge on any atom is 0.439 e. The van der Waals surface area contributed by atoms with E-state index < -0.39 is 5.76 Å². The Kier molecular flexibility index (Phi) is 5.48. The van der Waals surface area contributed by atoms with Crippen LogP contribution in [0.1, 0.15) is 45.6 Å². The van der Waals surface area contributed by atoms with Gasteiger partial charge in [-0.3, -0.25) is 23.8 Å². The fourth-order valence-corrected chi connectivity index (χ4v) is 4.98. The van der Waals surface area contributed by atoms with Crippen molar-refractivity contribution in [1.82, 2.24) is 29.5 Å². The first-order chi connectivity index (χ1) is 15.8. The molecule has 0 saturated carbocycles. The average molecular weight is 455 g/mol. The second kappa shape index (κ2) is 8.33. The number of fused-ring (bicyclic) bond motifs is 1. The molecule has 3 aromatic rings. The van der Waals surface area contributed by atoms with Crippen LogP contribution in [0, 0.1) is 5.41 Å². The molecule has 10 nitrogen and oxygen atoms in total. The summed E-state index contributed by atoms with van der Waals surface area (Å²) in [5.41, 5.74) is 2.35. The second-order valence-electron chi connectivity index (χ2n) is 10.0. The average Bonchev–Trinajstić information content (AvgIpc) is 3.36. The first-order valence-corrected chi connectivity index (χ1v) is 11.6. The van der Waals surface area contributed by atoms with Crippen molar-refractivity contribution in [3.05, 3.63) is 39.2 Å². The Hall–Kier alpha value is -3.14. The van der Waals surface area contributed by atoms with Crippen LogP contribution in [0.5, 0.6) is 0 Å². The van der Waals surface area contributed by atoms with E-state index in [0.717, 1.165) is 57.4 Å². The summed E-state index contributed by atoms with van der Waals surface area (Å²) in [6.45, 7) is 8.24. The summed E-state index contributed by atoms with van der Waals surface area (Å²) in [6.07, 6.45) is 3.73. The highest BCUT2D eigenvalue weighted by atomic mass is 16.5. The summed E-state index contributed by atoms with van der Waals surface area (Å²) in [4.78, 5) is 46.4. The Labute approximate surface area is 190 Å². The van der Waals surface area contributed by atoms with Gasteiger partial charge in [0.05, 0.1) is 17.6 Å². The van der Waals surface area contributed by atoms with Crippen molar-refractivity contribution < 1.29 is 9.32 Å². The molecule has 0 atom stereocenters. The molecule has 0 bridgehead atoms. The summed E-state index contributed by atoms with van der Waals surface area (Å²) in [5, 5.41) is 3.71. The summed E-state index contributed by atoms with van der Waals surface area (Å²) in [7, 11) is 0. The highest BCUT2D eigenvalue weighted by Gasteiger charge is 2.30. The minimum atomic E-state index is -0.620. The van der Waals surface area contributed by atoms with E-state index in [-0.39, 0.29) is 17.6 Å². The number of amides is 1. The number of aromatic amines is 2. The van der Waals surface area contributed by atoms with Gasteiger partial charge in [-0.05, 0) is 49.3 Å². The lowest BCUT2D eigenvalue weighted by Crippen LogP contribution is -2.47. The SMILES string of the molecule is CC1(C)CCN(C(=O)CN2CCC(n3c(=O)[nH]c4cc(-c5noc(=O)[nH]5)ccc43)CC2)CC1. The van der Waals surface area contributed by atoms with Crippen molar-refractivity contribution in [2.24, 2.45) is 5.41 Å². The van der Waals surface area contributed by atoms with Crippen LogP contribution in [0.2, 0.25) is 0 Å². The van der Waals surface area contributed by atoms with Crippen molar-refractivity contribution in [2.45, 2.75) is 45.6 Å². The molecule has 2 N–H and O–H groups in total. The molecule has 2 aromatic heterocycles. The van der Waals surface area contributed by atoms with Gasteiger partial charge in [0.1, 0.15) is 0 Å². The molecule has 0 aliphatic carbocycles. The van der Waals surface area contributed by atoms with Gasteiger partial charge < -0.3 is 9.88 Å². The fourth-order valence-electron chi connectivity index (χ4n) is 4.98. The number of nitrogens with one attached hydrogen (secondary N) is 2. The summed E-state index contributed by atoms with van der Waals surface area (Å²) in [6, 6.07) is 5.54. The largest absolute Gasteiger partial charge is 0.439 e. The van der Waals surface area contributed by atoms with Crippen molar-refractivity contribution in [3.8, 4) is 11.4 Å². The molecule has 2 fully saturated rings. The molecule has 0 spiro atoms. The molecular weight excluding hydrogens is 424 g/mol. The molecule has 0 unspecified atom stereocenters. The monoisotopic (exact) mass is 454 g/mol. The topological polar surface area (TPSA) is 120 Å². The molecule has 0 radical (unpaired) electrons. The lowest BCUT2D eigenvalue weighted by Gasteiger charge is -2.38. The van der Waals surface area contributed by atoms with Crippen molar-refractivity contribution in [1.29, 1.82) is 0 Å². The number of H-pyrrole nitrogens is 2. The summed E-state index contributed by atoms with van der Waals surface area (Å²) in [5.74, 6) is -0.0806. The Balaban J connectivity index is 1.24. The molecule has 10 heteroatoms. The number of carbonyl (C=O) groups excluding carboxylic acids is 1. The van der Waals surface area contributed by atoms with Crippen LogP contribution in [-0.2, 0) is 4.79 Å². The number of aromatic nitrogens is 4. The van der Waals surface area contributed by atoms with Gasteiger partial charge in [0.2, 0.25) is 5.91 Å². The third-order valence-corrected chi connectivity index (χ3v) is 7.18. The van der Waals surface area contributed by atoms with Crippen LogP contribution in [0.25, 0.3) is 22.4 Å². The highest BCUT2D eigenvalue weighted by molar-refractivity contribution is 5.81. The van der Waals surface area contributed by atoms with E-state index in [1.807, 2.05) is 21.6 Å².